The molecule has 0 aliphatic rings. The van der Waals surface area contributed by atoms with Gasteiger partial charge in [-0.2, -0.15) is 9.78 Å². The maximum absolute atomic E-state index is 12.1. The van der Waals surface area contributed by atoms with Crippen molar-refractivity contribution in [1.29, 1.82) is 0 Å². The molecule has 0 saturated carbocycles. The predicted molar refractivity (Wildman–Crippen MR) is 99.6 cm³/mol. The number of rotatable bonds is 6. The van der Waals surface area contributed by atoms with Crippen LogP contribution in [0.15, 0.2) is 82.3 Å². The molecule has 0 bridgehead atoms. The molecule has 0 radical (unpaired) electrons. The van der Waals surface area contributed by atoms with Crippen LogP contribution in [0, 0.1) is 0 Å². The molecule has 4 aromatic rings. The average molecular weight is 376 g/mol. The minimum Gasteiger partial charge on any atom is -0.459 e. The normalized spacial score (nSPS) is 10.7. The summed E-state index contributed by atoms with van der Waals surface area (Å²) in [5.74, 6) is -1.13. The van der Waals surface area contributed by atoms with Crippen molar-refractivity contribution in [3.8, 4) is 17.1 Å². The molecule has 2 aromatic carbocycles. The zero-order valence-electron chi connectivity index (χ0n) is 14.8. The summed E-state index contributed by atoms with van der Waals surface area (Å²) >= 11 is 0. The van der Waals surface area contributed by atoms with Crippen molar-refractivity contribution in [3.63, 3.8) is 0 Å². The third-order valence-electron chi connectivity index (χ3n) is 4.01. The molecule has 0 fully saturated rings. The summed E-state index contributed by atoms with van der Waals surface area (Å²) in [6.07, 6.45) is 3.54. The van der Waals surface area contributed by atoms with Crippen molar-refractivity contribution in [2.75, 3.05) is 0 Å². The first-order chi connectivity index (χ1) is 13.7. The molecule has 0 amide bonds. The highest BCUT2D eigenvalue weighted by Crippen LogP contribution is 2.14. The smallest absolute Gasteiger partial charge is 0.437 e. The molecule has 0 spiro atoms. The molecule has 0 atom stereocenters. The molecular weight excluding hydrogens is 360 g/mol. The molecule has 8 heteroatoms. The van der Waals surface area contributed by atoms with Crippen molar-refractivity contribution in [2.24, 2.45) is 0 Å². The zero-order valence-corrected chi connectivity index (χ0v) is 14.8. The van der Waals surface area contributed by atoms with Crippen LogP contribution >= 0.6 is 0 Å². The standard InChI is InChI=1S/C20H16N4O4/c25-18(13-24-20(26)28-19(22-24)16-5-2-1-3-6-16)27-14-15-7-9-17(10-8-15)23-12-4-11-21-23/h1-12H,13-14H2. The fraction of sp³-hybridized carbons (Fsp3) is 0.100. The Morgan fingerprint density at radius 3 is 2.54 bits per heavy atom. The molecular formula is C20H16N4O4. The lowest BCUT2D eigenvalue weighted by Gasteiger charge is -2.06. The van der Waals surface area contributed by atoms with E-state index in [-0.39, 0.29) is 19.0 Å². The van der Waals surface area contributed by atoms with E-state index in [2.05, 4.69) is 10.2 Å². The van der Waals surface area contributed by atoms with E-state index in [1.54, 1.807) is 35.1 Å². The van der Waals surface area contributed by atoms with Gasteiger partial charge in [-0.15, -0.1) is 5.10 Å². The average Bonchev–Trinajstić information content (AvgIpc) is 3.38. The van der Waals surface area contributed by atoms with Gasteiger partial charge in [-0.25, -0.2) is 9.48 Å². The Bertz CT molecular complexity index is 1110. The molecule has 2 heterocycles. The van der Waals surface area contributed by atoms with E-state index in [0.29, 0.717) is 5.56 Å². The molecule has 0 N–H and O–H groups in total. The Kier molecular flexibility index (Phi) is 4.83. The lowest BCUT2D eigenvalue weighted by Crippen LogP contribution is -2.22. The van der Waals surface area contributed by atoms with E-state index in [9.17, 15) is 9.59 Å². The van der Waals surface area contributed by atoms with Crippen LogP contribution in [-0.2, 0) is 22.7 Å². The Hall–Kier alpha value is -3.94. The largest absolute Gasteiger partial charge is 0.459 e. The van der Waals surface area contributed by atoms with E-state index in [1.165, 1.54) is 0 Å². The van der Waals surface area contributed by atoms with Crippen LogP contribution in [0.2, 0.25) is 0 Å². The Morgan fingerprint density at radius 2 is 1.82 bits per heavy atom. The zero-order chi connectivity index (χ0) is 19.3. The summed E-state index contributed by atoms with van der Waals surface area (Å²) < 4.78 is 13.0. The van der Waals surface area contributed by atoms with E-state index in [0.717, 1.165) is 15.9 Å². The van der Waals surface area contributed by atoms with Gasteiger partial charge in [0.1, 0.15) is 13.2 Å². The van der Waals surface area contributed by atoms with Crippen molar-refractivity contribution in [3.05, 3.63) is 89.2 Å². The fourth-order valence-electron chi connectivity index (χ4n) is 2.60. The second kappa shape index (κ2) is 7.75. The van der Waals surface area contributed by atoms with Gasteiger partial charge in [0.15, 0.2) is 0 Å². The van der Waals surface area contributed by atoms with Gasteiger partial charge >= 0.3 is 11.7 Å². The molecule has 2 aromatic heterocycles. The van der Waals surface area contributed by atoms with Gasteiger partial charge < -0.3 is 9.15 Å². The summed E-state index contributed by atoms with van der Waals surface area (Å²) in [4.78, 5) is 24.0. The maximum atomic E-state index is 12.1. The Balaban J connectivity index is 1.36. The number of hydrogen-bond donors (Lipinski definition) is 0. The van der Waals surface area contributed by atoms with Crippen LogP contribution in [0.25, 0.3) is 17.1 Å². The third-order valence-corrected chi connectivity index (χ3v) is 4.01. The van der Waals surface area contributed by atoms with Gasteiger partial charge in [-0.05, 0) is 35.9 Å². The minimum absolute atomic E-state index is 0.0936. The van der Waals surface area contributed by atoms with E-state index >= 15 is 0 Å². The number of carbonyl (C=O) groups excluding carboxylic acids is 1. The highest BCUT2D eigenvalue weighted by Gasteiger charge is 2.14. The number of ether oxygens (including phenoxy) is 1. The van der Waals surface area contributed by atoms with Crippen LogP contribution in [0.4, 0.5) is 0 Å². The fourth-order valence-corrected chi connectivity index (χ4v) is 2.60. The van der Waals surface area contributed by atoms with E-state index in [4.69, 9.17) is 9.15 Å². The number of hydrogen-bond acceptors (Lipinski definition) is 6. The summed E-state index contributed by atoms with van der Waals surface area (Å²) in [6, 6.07) is 18.3. The second-order valence-electron chi connectivity index (χ2n) is 5.97. The van der Waals surface area contributed by atoms with Crippen LogP contribution in [-0.4, -0.2) is 25.5 Å². The van der Waals surface area contributed by atoms with Crippen LogP contribution in [0.5, 0.6) is 0 Å². The quantitative estimate of drug-likeness (QED) is 0.480. The topological polar surface area (TPSA) is 92.1 Å². The highest BCUT2D eigenvalue weighted by atomic mass is 16.5. The monoisotopic (exact) mass is 376 g/mol. The SMILES string of the molecule is O=C(Cn1nc(-c2ccccc2)oc1=O)OCc1ccc(-n2cccn2)cc1. The predicted octanol–water partition coefficient (Wildman–Crippen LogP) is 2.43. The first kappa shape index (κ1) is 17.5. The molecule has 0 unspecified atom stereocenters. The van der Waals surface area contributed by atoms with Gasteiger partial charge in [-0.3, -0.25) is 4.79 Å². The molecule has 0 aliphatic heterocycles. The van der Waals surface area contributed by atoms with Crippen LogP contribution in [0.3, 0.4) is 0 Å². The third kappa shape index (κ3) is 3.90. The summed E-state index contributed by atoms with van der Waals surface area (Å²) in [5.41, 5.74) is 2.38. The molecule has 0 aliphatic carbocycles. The molecule has 8 nitrogen and oxygen atoms in total. The summed E-state index contributed by atoms with van der Waals surface area (Å²) in [7, 11) is 0. The Morgan fingerprint density at radius 1 is 1.04 bits per heavy atom. The maximum Gasteiger partial charge on any atom is 0.437 e. The summed E-state index contributed by atoms with van der Waals surface area (Å²) in [5, 5.41) is 8.19. The number of nitrogens with zero attached hydrogens (tertiary/aromatic N) is 4. The van der Waals surface area contributed by atoms with E-state index < -0.39 is 11.7 Å². The molecule has 4 rings (SSSR count). The lowest BCUT2D eigenvalue weighted by molar-refractivity contribution is -0.146. The van der Waals surface area contributed by atoms with Crippen molar-refractivity contribution >= 4 is 5.97 Å². The van der Waals surface area contributed by atoms with Crippen LogP contribution < -0.4 is 5.76 Å². The van der Waals surface area contributed by atoms with Gasteiger partial charge in [0, 0.05) is 18.0 Å². The first-order valence-corrected chi connectivity index (χ1v) is 8.57. The van der Waals surface area contributed by atoms with Gasteiger partial charge in [0.2, 0.25) is 5.89 Å². The molecule has 0 saturated heterocycles. The van der Waals surface area contributed by atoms with Crippen molar-refractivity contribution in [1.82, 2.24) is 19.6 Å². The van der Waals surface area contributed by atoms with Gasteiger partial charge in [-0.1, -0.05) is 30.3 Å². The van der Waals surface area contributed by atoms with Gasteiger partial charge in [0.05, 0.1) is 5.69 Å². The summed E-state index contributed by atoms with van der Waals surface area (Å²) in [6.45, 7) is -0.225. The molecule has 28 heavy (non-hydrogen) atoms. The number of benzene rings is 2. The number of esters is 1. The highest BCUT2D eigenvalue weighted by molar-refractivity contribution is 5.69. The second-order valence-corrected chi connectivity index (χ2v) is 5.97. The first-order valence-electron chi connectivity index (χ1n) is 8.57. The molecule has 140 valence electrons. The number of aromatic nitrogens is 4. The van der Waals surface area contributed by atoms with Crippen LogP contribution in [0.1, 0.15) is 5.56 Å². The Labute approximate surface area is 159 Å². The van der Waals surface area contributed by atoms with E-state index in [1.807, 2.05) is 42.6 Å². The van der Waals surface area contributed by atoms with Gasteiger partial charge in [0.25, 0.3) is 0 Å². The van der Waals surface area contributed by atoms with Crippen molar-refractivity contribution < 1.29 is 13.9 Å². The number of carbonyl (C=O) groups is 1. The lowest BCUT2D eigenvalue weighted by atomic mass is 10.2. The van der Waals surface area contributed by atoms with Crippen molar-refractivity contribution in [2.45, 2.75) is 13.2 Å². The minimum atomic E-state index is -0.709.